The Morgan fingerprint density at radius 1 is 0.971 bits per heavy atom. The van der Waals surface area contributed by atoms with Crippen LogP contribution in [0.25, 0.3) is 11.4 Å². The van der Waals surface area contributed by atoms with Gasteiger partial charge in [-0.25, -0.2) is 19.7 Å². The lowest BCUT2D eigenvalue weighted by molar-refractivity contribution is -0.148. The van der Waals surface area contributed by atoms with Crippen LogP contribution in [0.15, 0.2) is 18.3 Å². The predicted molar refractivity (Wildman–Crippen MR) is 123 cm³/mol. The van der Waals surface area contributed by atoms with Crippen molar-refractivity contribution < 1.29 is 28.5 Å². The first-order valence-electron chi connectivity index (χ1n) is 11.1. The summed E-state index contributed by atoms with van der Waals surface area (Å²) in [5.41, 5.74) is 1.58. The molecule has 0 aliphatic carbocycles. The Labute approximate surface area is 197 Å². The summed E-state index contributed by atoms with van der Waals surface area (Å²) in [5, 5.41) is 2.51. The number of aromatic nitrogens is 3. The smallest absolute Gasteiger partial charge is 0.415 e. The van der Waals surface area contributed by atoms with E-state index in [4.69, 9.17) is 24.2 Å². The maximum Gasteiger partial charge on any atom is 0.415 e. The normalized spacial score (nSPS) is 16.2. The monoisotopic (exact) mass is 472 g/mol. The van der Waals surface area contributed by atoms with Gasteiger partial charge in [0.1, 0.15) is 17.5 Å². The number of nitrogens with zero attached hydrogens (tertiary/aromatic N) is 5. The molecule has 0 aromatic carbocycles. The molecule has 182 valence electrons. The fourth-order valence-corrected chi connectivity index (χ4v) is 3.62. The number of morpholine rings is 2. The van der Waals surface area contributed by atoms with E-state index in [-0.39, 0.29) is 0 Å². The zero-order valence-corrected chi connectivity index (χ0v) is 19.3. The molecule has 12 nitrogen and oxygen atoms in total. The third-order valence-electron chi connectivity index (χ3n) is 5.40. The van der Waals surface area contributed by atoms with E-state index < -0.39 is 18.9 Å². The second kappa shape index (κ2) is 11.1. The Kier molecular flexibility index (Phi) is 7.70. The predicted octanol–water partition coefficient (Wildman–Crippen LogP) is 1.59. The van der Waals surface area contributed by atoms with Crippen LogP contribution in [0.2, 0.25) is 0 Å². The van der Waals surface area contributed by atoms with E-state index in [0.29, 0.717) is 38.1 Å². The first-order chi connectivity index (χ1) is 16.5. The van der Waals surface area contributed by atoms with Gasteiger partial charge in [0.15, 0.2) is 5.82 Å². The SMILES string of the molecule is CC(=O)OCOC(=O)Nc1cc(C)c(-c2nc(N3CCOCC3)cc(N3CCOCC3)n2)cn1. The molecule has 4 rings (SSSR count). The van der Waals surface area contributed by atoms with E-state index in [0.717, 1.165) is 48.9 Å². The van der Waals surface area contributed by atoms with Crippen LogP contribution in [-0.4, -0.2) is 86.4 Å². The van der Waals surface area contributed by atoms with E-state index in [2.05, 4.69) is 24.8 Å². The lowest BCUT2D eigenvalue weighted by Crippen LogP contribution is -2.39. The molecule has 2 fully saturated rings. The van der Waals surface area contributed by atoms with Crippen LogP contribution in [0, 0.1) is 6.92 Å². The number of rotatable bonds is 6. The molecule has 1 N–H and O–H groups in total. The molecule has 12 heteroatoms. The number of pyridine rings is 1. The number of anilines is 3. The van der Waals surface area contributed by atoms with Gasteiger partial charge in [-0.15, -0.1) is 0 Å². The highest BCUT2D eigenvalue weighted by atomic mass is 16.7. The molecule has 0 bridgehead atoms. The number of ether oxygens (including phenoxy) is 4. The average Bonchev–Trinajstić information content (AvgIpc) is 2.85. The van der Waals surface area contributed by atoms with Crippen LogP contribution in [0.4, 0.5) is 22.2 Å². The topological polar surface area (TPSA) is 128 Å². The van der Waals surface area contributed by atoms with Crippen molar-refractivity contribution in [3.8, 4) is 11.4 Å². The zero-order valence-electron chi connectivity index (χ0n) is 19.3. The molecule has 0 radical (unpaired) electrons. The highest BCUT2D eigenvalue weighted by Gasteiger charge is 2.20. The summed E-state index contributed by atoms with van der Waals surface area (Å²) in [6, 6.07) is 3.72. The van der Waals surface area contributed by atoms with Crippen molar-refractivity contribution in [2.75, 3.05) is 74.5 Å². The van der Waals surface area contributed by atoms with Gasteiger partial charge < -0.3 is 28.7 Å². The molecule has 2 saturated heterocycles. The number of hydrogen-bond donors (Lipinski definition) is 1. The van der Waals surface area contributed by atoms with E-state index in [1.807, 2.05) is 13.0 Å². The van der Waals surface area contributed by atoms with Gasteiger partial charge in [-0.05, 0) is 18.6 Å². The molecule has 1 amide bonds. The number of carbonyl (C=O) groups excluding carboxylic acids is 2. The van der Waals surface area contributed by atoms with Crippen molar-refractivity contribution >= 4 is 29.5 Å². The van der Waals surface area contributed by atoms with Gasteiger partial charge in [-0.1, -0.05) is 0 Å². The van der Waals surface area contributed by atoms with Crippen LogP contribution in [0.1, 0.15) is 12.5 Å². The lowest BCUT2D eigenvalue weighted by Gasteiger charge is -2.31. The molecular formula is C22H28N6O6. The van der Waals surface area contributed by atoms with Gasteiger partial charge in [0.2, 0.25) is 6.79 Å². The third-order valence-corrected chi connectivity index (χ3v) is 5.40. The number of amides is 1. The summed E-state index contributed by atoms with van der Waals surface area (Å²) >= 11 is 0. The van der Waals surface area contributed by atoms with Gasteiger partial charge in [0.05, 0.1) is 26.4 Å². The van der Waals surface area contributed by atoms with Gasteiger partial charge in [0, 0.05) is 50.9 Å². The van der Waals surface area contributed by atoms with E-state index >= 15 is 0 Å². The second-order valence-corrected chi connectivity index (χ2v) is 7.80. The second-order valence-electron chi connectivity index (χ2n) is 7.80. The highest BCUT2D eigenvalue weighted by Crippen LogP contribution is 2.28. The standard InChI is InChI=1S/C22H28N6O6/c1-15-11-18(24-22(30)34-14-33-16(2)29)23-13-17(15)21-25-19(27-3-7-31-8-4-27)12-20(26-21)28-5-9-32-10-6-28/h11-13H,3-10,14H2,1-2H3,(H,23,24,30). The van der Waals surface area contributed by atoms with Gasteiger partial charge in [-0.3, -0.25) is 10.1 Å². The molecule has 2 aliphatic heterocycles. The summed E-state index contributed by atoms with van der Waals surface area (Å²) < 4.78 is 20.4. The Hall–Kier alpha value is -3.51. The molecule has 2 aromatic heterocycles. The minimum absolute atomic E-state index is 0.298. The maximum atomic E-state index is 11.9. The fourth-order valence-electron chi connectivity index (χ4n) is 3.62. The average molecular weight is 473 g/mol. The Balaban J connectivity index is 1.56. The van der Waals surface area contributed by atoms with Gasteiger partial charge in [0.25, 0.3) is 0 Å². The van der Waals surface area contributed by atoms with E-state index in [1.165, 1.54) is 6.92 Å². The first-order valence-corrected chi connectivity index (χ1v) is 11.1. The van der Waals surface area contributed by atoms with Crippen molar-refractivity contribution in [3.05, 3.63) is 23.9 Å². The van der Waals surface area contributed by atoms with Crippen molar-refractivity contribution in [2.45, 2.75) is 13.8 Å². The van der Waals surface area contributed by atoms with Crippen LogP contribution in [-0.2, 0) is 23.7 Å². The lowest BCUT2D eigenvalue weighted by atomic mass is 10.1. The molecule has 0 atom stereocenters. The minimum atomic E-state index is -0.777. The van der Waals surface area contributed by atoms with Gasteiger partial charge in [-0.2, -0.15) is 0 Å². The molecule has 34 heavy (non-hydrogen) atoms. The minimum Gasteiger partial charge on any atom is -0.428 e. The van der Waals surface area contributed by atoms with Crippen molar-refractivity contribution in [2.24, 2.45) is 0 Å². The zero-order chi connectivity index (χ0) is 23.9. The Morgan fingerprint density at radius 2 is 1.56 bits per heavy atom. The molecule has 2 aromatic rings. The van der Waals surface area contributed by atoms with Crippen molar-refractivity contribution in [1.29, 1.82) is 0 Å². The summed E-state index contributed by atoms with van der Waals surface area (Å²) in [6.45, 7) is 8.30. The quantitative estimate of drug-likeness (QED) is 0.486. The number of aryl methyl sites for hydroxylation is 1. The first kappa shape index (κ1) is 23.6. The largest absolute Gasteiger partial charge is 0.428 e. The molecular weight excluding hydrogens is 444 g/mol. The fraction of sp³-hybridized carbons (Fsp3) is 0.500. The third kappa shape index (κ3) is 6.08. The number of nitrogens with one attached hydrogen (secondary N) is 1. The summed E-state index contributed by atoms with van der Waals surface area (Å²) in [4.78, 5) is 41.0. The maximum absolute atomic E-state index is 11.9. The van der Waals surface area contributed by atoms with E-state index in [1.54, 1.807) is 12.3 Å². The van der Waals surface area contributed by atoms with Crippen molar-refractivity contribution in [1.82, 2.24) is 15.0 Å². The summed E-state index contributed by atoms with van der Waals surface area (Å²) in [5.74, 6) is 1.99. The van der Waals surface area contributed by atoms with Crippen LogP contribution in [0.3, 0.4) is 0 Å². The highest BCUT2D eigenvalue weighted by molar-refractivity contribution is 5.84. The van der Waals surface area contributed by atoms with Crippen LogP contribution in [0.5, 0.6) is 0 Å². The number of esters is 1. The van der Waals surface area contributed by atoms with Crippen LogP contribution >= 0.6 is 0 Å². The number of hydrogen-bond acceptors (Lipinski definition) is 11. The molecule has 4 heterocycles. The summed E-state index contributed by atoms with van der Waals surface area (Å²) in [6.07, 6.45) is 0.847. The van der Waals surface area contributed by atoms with Crippen molar-refractivity contribution in [3.63, 3.8) is 0 Å². The van der Waals surface area contributed by atoms with Crippen LogP contribution < -0.4 is 15.1 Å². The Bertz CT molecular complexity index is 987. The molecule has 0 spiro atoms. The molecule has 0 saturated carbocycles. The molecule has 0 unspecified atom stereocenters. The Morgan fingerprint density at radius 3 is 2.09 bits per heavy atom. The van der Waals surface area contributed by atoms with E-state index in [9.17, 15) is 9.59 Å². The summed E-state index contributed by atoms with van der Waals surface area (Å²) in [7, 11) is 0. The van der Waals surface area contributed by atoms with Gasteiger partial charge >= 0.3 is 12.1 Å². The molecule has 2 aliphatic rings. The number of carbonyl (C=O) groups is 2.